The van der Waals surface area contributed by atoms with E-state index in [1.165, 1.54) is 17.5 Å². The quantitative estimate of drug-likeness (QED) is 0.692. The third kappa shape index (κ3) is 4.77. The number of benzene rings is 1. The molecule has 3 aliphatic rings. The van der Waals surface area contributed by atoms with E-state index in [0.29, 0.717) is 5.92 Å². The molecule has 156 valence electrons. The van der Waals surface area contributed by atoms with Crippen LogP contribution >= 0.6 is 0 Å². The van der Waals surface area contributed by atoms with E-state index in [0.717, 1.165) is 57.9 Å². The lowest BCUT2D eigenvalue weighted by Gasteiger charge is -2.46. The molecule has 4 rings (SSSR count). The zero-order valence-electron chi connectivity index (χ0n) is 17.6. The van der Waals surface area contributed by atoms with Crippen LogP contribution in [0.1, 0.15) is 95.6 Å². The maximum Gasteiger partial charge on any atom is 0.234 e. The molecule has 0 unspecified atom stereocenters. The molecule has 0 radical (unpaired) electrons. The molecule has 1 heterocycles. The van der Waals surface area contributed by atoms with Gasteiger partial charge in [-0.2, -0.15) is 19.6 Å². The normalized spacial score (nSPS) is 25.2. The van der Waals surface area contributed by atoms with Gasteiger partial charge in [0.15, 0.2) is 0 Å². The van der Waals surface area contributed by atoms with Gasteiger partial charge in [-0.25, -0.2) is 0 Å². The van der Waals surface area contributed by atoms with Crippen LogP contribution in [-0.4, -0.2) is 17.1 Å². The molecule has 1 aromatic carbocycles. The smallest absolute Gasteiger partial charge is 0.234 e. The third-order valence-electron chi connectivity index (χ3n) is 6.30. The van der Waals surface area contributed by atoms with Crippen LogP contribution in [0.25, 0.3) is 0 Å². The van der Waals surface area contributed by atoms with Gasteiger partial charge in [0.05, 0.1) is 0 Å². The Hall–Kier alpha value is -0.980. The van der Waals surface area contributed by atoms with E-state index < -0.39 is 11.6 Å². The summed E-state index contributed by atoms with van der Waals surface area (Å²) >= 11 is 0. The SMILES string of the molecule is CC(C)(C)NCc1cccc(C2CCC3(CC2)OOC2(CCCCC2)OO3)c1. The maximum atomic E-state index is 5.83. The van der Waals surface area contributed by atoms with Gasteiger partial charge in [0.25, 0.3) is 0 Å². The van der Waals surface area contributed by atoms with Crippen molar-refractivity contribution >= 4 is 0 Å². The summed E-state index contributed by atoms with van der Waals surface area (Å²) in [5.41, 5.74) is 2.87. The molecule has 5 heteroatoms. The van der Waals surface area contributed by atoms with Gasteiger partial charge in [0.1, 0.15) is 0 Å². The summed E-state index contributed by atoms with van der Waals surface area (Å²) in [5, 5.41) is 3.57. The minimum absolute atomic E-state index is 0.124. The molecular formula is C23H35NO4. The van der Waals surface area contributed by atoms with Crippen LogP contribution in [-0.2, 0) is 26.1 Å². The molecule has 0 aromatic heterocycles. The van der Waals surface area contributed by atoms with Crippen molar-refractivity contribution < 1.29 is 19.6 Å². The second-order valence-electron chi connectivity index (χ2n) is 9.84. The highest BCUT2D eigenvalue weighted by Crippen LogP contribution is 2.46. The largest absolute Gasteiger partial charge is 0.308 e. The number of rotatable bonds is 3. The van der Waals surface area contributed by atoms with E-state index in [-0.39, 0.29) is 5.54 Å². The van der Waals surface area contributed by atoms with Crippen molar-refractivity contribution in [1.29, 1.82) is 0 Å². The minimum Gasteiger partial charge on any atom is -0.308 e. The molecule has 1 aliphatic heterocycles. The topological polar surface area (TPSA) is 49.0 Å². The standard InChI is InChI=1S/C23H35NO4/c1-21(2,3)24-17-18-8-7-9-20(16-18)19-10-14-23(15-11-19)27-25-22(26-28-23)12-5-4-6-13-22/h7-9,16,19,24H,4-6,10-15,17H2,1-3H3. The molecule has 0 atom stereocenters. The molecule has 3 fully saturated rings. The minimum atomic E-state index is -0.732. The summed E-state index contributed by atoms with van der Waals surface area (Å²) in [7, 11) is 0. The fourth-order valence-electron chi connectivity index (χ4n) is 4.47. The van der Waals surface area contributed by atoms with Gasteiger partial charge in [-0.05, 0) is 63.5 Å². The summed E-state index contributed by atoms with van der Waals surface area (Å²) in [6, 6.07) is 8.96. The maximum absolute atomic E-state index is 5.83. The first-order chi connectivity index (χ1) is 13.4. The van der Waals surface area contributed by atoms with Crippen LogP contribution < -0.4 is 5.32 Å². The van der Waals surface area contributed by atoms with E-state index in [1.54, 1.807) is 0 Å². The molecule has 1 aromatic rings. The highest BCUT2D eigenvalue weighted by Gasteiger charge is 2.50. The van der Waals surface area contributed by atoms with Crippen LogP contribution in [0.15, 0.2) is 24.3 Å². The molecular weight excluding hydrogens is 354 g/mol. The number of nitrogens with one attached hydrogen (secondary N) is 1. The Balaban J connectivity index is 1.32. The van der Waals surface area contributed by atoms with Crippen molar-refractivity contribution in [3.05, 3.63) is 35.4 Å². The fourth-order valence-corrected chi connectivity index (χ4v) is 4.47. The van der Waals surface area contributed by atoms with E-state index in [2.05, 4.69) is 50.4 Å². The first-order valence-electron chi connectivity index (χ1n) is 10.9. The highest BCUT2D eigenvalue weighted by molar-refractivity contribution is 5.27. The Bertz CT molecular complexity index is 643. The Morgan fingerprint density at radius 1 is 0.893 bits per heavy atom. The van der Waals surface area contributed by atoms with Crippen LogP contribution in [0.2, 0.25) is 0 Å². The molecule has 2 aliphatic carbocycles. The van der Waals surface area contributed by atoms with Gasteiger partial charge in [-0.3, -0.25) is 0 Å². The first-order valence-corrected chi connectivity index (χ1v) is 10.9. The van der Waals surface area contributed by atoms with Gasteiger partial charge in [-0.15, -0.1) is 0 Å². The summed E-state index contributed by atoms with van der Waals surface area (Å²) in [6.07, 6.45) is 8.72. The van der Waals surface area contributed by atoms with Crippen LogP contribution in [0.5, 0.6) is 0 Å². The predicted molar refractivity (Wildman–Crippen MR) is 107 cm³/mol. The monoisotopic (exact) mass is 389 g/mol. The lowest BCUT2D eigenvalue weighted by atomic mass is 9.80. The van der Waals surface area contributed by atoms with Crippen molar-refractivity contribution in [2.45, 2.75) is 108 Å². The Morgan fingerprint density at radius 2 is 1.50 bits per heavy atom. The summed E-state index contributed by atoms with van der Waals surface area (Å²) in [6.45, 7) is 7.49. The van der Waals surface area contributed by atoms with E-state index in [9.17, 15) is 0 Å². The third-order valence-corrected chi connectivity index (χ3v) is 6.30. The predicted octanol–water partition coefficient (Wildman–Crippen LogP) is 5.50. The van der Waals surface area contributed by atoms with E-state index >= 15 is 0 Å². The lowest BCUT2D eigenvalue weighted by Crippen LogP contribution is -2.52. The Labute approximate surface area is 168 Å². The summed E-state index contributed by atoms with van der Waals surface area (Å²) in [5.74, 6) is -0.878. The van der Waals surface area contributed by atoms with Crippen LogP contribution in [0.4, 0.5) is 0 Å². The molecule has 2 saturated carbocycles. The van der Waals surface area contributed by atoms with Crippen LogP contribution in [0.3, 0.4) is 0 Å². The number of hydrogen-bond donors (Lipinski definition) is 1. The summed E-state index contributed by atoms with van der Waals surface area (Å²) in [4.78, 5) is 23.2. The molecule has 1 saturated heterocycles. The molecule has 2 spiro atoms. The van der Waals surface area contributed by atoms with Gasteiger partial charge in [0, 0.05) is 37.8 Å². The number of hydrogen-bond acceptors (Lipinski definition) is 5. The van der Waals surface area contributed by atoms with Crippen molar-refractivity contribution in [3.8, 4) is 0 Å². The average Bonchev–Trinajstić information content (AvgIpc) is 2.70. The van der Waals surface area contributed by atoms with Crippen molar-refractivity contribution in [2.24, 2.45) is 0 Å². The molecule has 1 N–H and O–H groups in total. The zero-order chi connectivity index (χ0) is 19.7. The lowest BCUT2D eigenvalue weighted by molar-refractivity contribution is -0.662. The van der Waals surface area contributed by atoms with Gasteiger partial charge in [0.2, 0.25) is 11.6 Å². The fraction of sp³-hybridized carbons (Fsp3) is 0.739. The average molecular weight is 390 g/mol. The molecule has 0 bridgehead atoms. The molecule has 0 amide bonds. The van der Waals surface area contributed by atoms with Crippen molar-refractivity contribution in [2.75, 3.05) is 0 Å². The second kappa shape index (κ2) is 8.04. The Kier molecular flexibility index (Phi) is 5.83. The molecule has 5 nitrogen and oxygen atoms in total. The second-order valence-corrected chi connectivity index (χ2v) is 9.84. The van der Waals surface area contributed by atoms with Gasteiger partial charge in [-0.1, -0.05) is 30.7 Å². The van der Waals surface area contributed by atoms with Crippen molar-refractivity contribution in [1.82, 2.24) is 5.32 Å². The van der Waals surface area contributed by atoms with Gasteiger partial charge < -0.3 is 5.32 Å². The highest BCUT2D eigenvalue weighted by atomic mass is 17.4. The van der Waals surface area contributed by atoms with Gasteiger partial charge >= 0.3 is 0 Å². The van der Waals surface area contributed by atoms with Crippen LogP contribution in [0, 0.1) is 0 Å². The van der Waals surface area contributed by atoms with E-state index in [1.807, 2.05) is 0 Å². The summed E-state index contributed by atoms with van der Waals surface area (Å²) < 4.78 is 0. The van der Waals surface area contributed by atoms with E-state index in [4.69, 9.17) is 19.6 Å². The molecule has 28 heavy (non-hydrogen) atoms. The van der Waals surface area contributed by atoms with Crippen molar-refractivity contribution in [3.63, 3.8) is 0 Å². The first kappa shape index (κ1) is 20.3. The zero-order valence-corrected chi connectivity index (χ0v) is 17.6. The Morgan fingerprint density at radius 3 is 2.11 bits per heavy atom.